The number of azo groups is 1. The maximum Gasteiger partial charge on any atom is 0.0858 e. The second-order valence-electron chi connectivity index (χ2n) is 5.58. The van der Waals surface area contributed by atoms with Crippen molar-refractivity contribution in [3.63, 3.8) is 0 Å². The summed E-state index contributed by atoms with van der Waals surface area (Å²) < 4.78 is 0. The second kappa shape index (κ2) is 6.05. The quantitative estimate of drug-likeness (QED) is 0.562. The van der Waals surface area contributed by atoms with E-state index in [0.717, 1.165) is 24.3 Å². The fourth-order valence-corrected chi connectivity index (χ4v) is 2.92. The Labute approximate surface area is 135 Å². The van der Waals surface area contributed by atoms with Gasteiger partial charge in [-0.05, 0) is 54.4 Å². The van der Waals surface area contributed by atoms with Crippen LogP contribution in [0.1, 0.15) is 5.56 Å². The summed E-state index contributed by atoms with van der Waals surface area (Å²) >= 11 is 0. The van der Waals surface area contributed by atoms with E-state index in [1.165, 1.54) is 16.9 Å². The summed E-state index contributed by atoms with van der Waals surface area (Å²) in [6.45, 7) is 1.03. The Bertz CT molecular complexity index is 823. The Kier molecular flexibility index (Phi) is 3.60. The fourth-order valence-electron chi connectivity index (χ4n) is 2.92. The van der Waals surface area contributed by atoms with Crippen molar-refractivity contribution in [2.45, 2.75) is 6.42 Å². The largest absolute Gasteiger partial charge is 0.341 e. The molecule has 3 aromatic carbocycles. The van der Waals surface area contributed by atoms with Gasteiger partial charge >= 0.3 is 0 Å². The van der Waals surface area contributed by atoms with Crippen molar-refractivity contribution >= 4 is 22.7 Å². The summed E-state index contributed by atoms with van der Waals surface area (Å²) in [4.78, 5) is 2.35. The van der Waals surface area contributed by atoms with Crippen LogP contribution in [0.15, 0.2) is 89.1 Å². The summed E-state index contributed by atoms with van der Waals surface area (Å²) in [5, 5.41) is 8.55. The van der Waals surface area contributed by atoms with E-state index in [2.05, 4.69) is 51.5 Å². The van der Waals surface area contributed by atoms with Gasteiger partial charge in [0.1, 0.15) is 0 Å². The van der Waals surface area contributed by atoms with Gasteiger partial charge in [0.15, 0.2) is 0 Å². The molecule has 4 rings (SSSR count). The van der Waals surface area contributed by atoms with Crippen molar-refractivity contribution in [3.8, 4) is 0 Å². The summed E-state index contributed by atoms with van der Waals surface area (Å²) in [7, 11) is 0. The lowest BCUT2D eigenvalue weighted by atomic mass is 10.2. The van der Waals surface area contributed by atoms with Crippen LogP contribution in [0.5, 0.6) is 0 Å². The van der Waals surface area contributed by atoms with Crippen LogP contribution in [-0.4, -0.2) is 6.54 Å². The summed E-state index contributed by atoms with van der Waals surface area (Å²) in [6.07, 6.45) is 1.10. The zero-order chi connectivity index (χ0) is 15.5. The smallest absolute Gasteiger partial charge is 0.0858 e. The molecule has 0 atom stereocenters. The Hall–Kier alpha value is -2.94. The molecule has 23 heavy (non-hydrogen) atoms. The first-order valence-corrected chi connectivity index (χ1v) is 7.82. The first-order valence-electron chi connectivity index (χ1n) is 7.82. The average molecular weight is 299 g/mol. The monoisotopic (exact) mass is 299 g/mol. The molecule has 0 spiro atoms. The number of hydrogen-bond donors (Lipinski definition) is 0. The van der Waals surface area contributed by atoms with Gasteiger partial charge in [0.05, 0.1) is 11.4 Å². The van der Waals surface area contributed by atoms with Gasteiger partial charge in [0, 0.05) is 17.9 Å². The summed E-state index contributed by atoms with van der Waals surface area (Å²) in [5.74, 6) is 0. The first kappa shape index (κ1) is 13.7. The van der Waals surface area contributed by atoms with Crippen LogP contribution >= 0.6 is 0 Å². The predicted octanol–water partition coefficient (Wildman–Crippen LogP) is 5.80. The summed E-state index contributed by atoms with van der Waals surface area (Å²) in [5.41, 5.74) is 5.66. The Morgan fingerprint density at radius 3 is 2.09 bits per heavy atom. The highest BCUT2D eigenvalue weighted by molar-refractivity contribution is 5.70. The number of hydrogen-bond acceptors (Lipinski definition) is 3. The van der Waals surface area contributed by atoms with Crippen LogP contribution in [0.4, 0.5) is 22.7 Å². The van der Waals surface area contributed by atoms with Gasteiger partial charge in [0.25, 0.3) is 0 Å². The van der Waals surface area contributed by atoms with Crippen molar-refractivity contribution in [1.82, 2.24) is 0 Å². The Morgan fingerprint density at radius 2 is 1.30 bits per heavy atom. The van der Waals surface area contributed by atoms with Crippen LogP contribution in [0, 0.1) is 0 Å². The zero-order valence-corrected chi connectivity index (χ0v) is 12.8. The highest BCUT2D eigenvalue weighted by Gasteiger charge is 2.19. The molecule has 0 radical (unpaired) electrons. The van der Waals surface area contributed by atoms with Crippen molar-refractivity contribution in [2.24, 2.45) is 10.2 Å². The molecular weight excluding hydrogens is 282 g/mol. The zero-order valence-electron chi connectivity index (χ0n) is 12.8. The Morgan fingerprint density at radius 1 is 0.652 bits per heavy atom. The minimum absolute atomic E-state index is 0.866. The lowest BCUT2D eigenvalue weighted by molar-refractivity contribution is 0.998. The number of nitrogens with zero attached hydrogens (tertiary/aromatic N) is 3. The van der Waals surface area contributed by atoms with E-state index in [9.17, 15) is 0 Å². The van der Waals surface area contributed by atoms with Gasteiger partial charge in [-0.2, -0.15) is 10.2 Å². The first-order chi connectivity index (χ1) is 11.4. The number of fused-ring (bicyclic) bond motifs is 1. The van der Waals surface area contributed by atoms with E-state index in [1.54, 1.807) is 0 Å². The lowest BCUT2D eigenvalue weighted by Gasteiger charge is -2.19. The molecule has 1 aliphatic heterocycles. The minimum Gasteiger partial charge on any atom is -0.341 e. The minimum atomic E-state index is 0.866. The third-order valence-corrected chi connectivity index (χ3v) is 4.09. The number of benzene rings is 3. The van der Waals surface area contributed by atoms with E-state index in [0.29, 0.717) is 0 Å². The van der Waals surface area contributed by atoms with E-state index in [1.807, 2.05) is 42.5 Å². The molecule has 3 heteroatoms. The molecule has 0 saturated heterocycles. The van der Waals surface area contributed by atoms with Crippen LogP contribution in [0.3, 0.4) is 0 Å². The van der Waals surface area contributed by atoms with Crippen molar-refractivity contribution in [2.75, 3.05) is 11.4 Å². The SMILES string of the molecule is c1ccc(/N=N/c2ccc(N3CCc4ccccc43)cc2)cc1. The van der Waals surface area contributed by atoms with Gasteiger partial charge in [-0.1, -0.05) is 36.4 Å². The highest BCUT2D eigenvalue weighted by atomic mass is 15.2. The molecule has 112 valence electrons. The summed E-state index contributed by atoms with van der Waals surface area (Å²) in [6, 6.07) is 26.6. The highest BCUT2D eigenvalue weighted by Crippen LogP contribution is 2.34. The molecule has 0 unspecified atom stereocenters. The lowest BCUT2D eigenvalue weighted by Crippen LogP contribution is -2.12. The van der Waals surface area contributed by atoms with E-state index in [-0.39, 0.29) is 0 Å². The van der Waals surface area contributed by atoms with E-state index in [4.69, 9.17) is 0 Å². The van der Waals surface area contributed by atoms with Crippen LogP contribution in [0.2, 0.25) is 0 Å². The molecule has 0 aromatic heterocycles. The molecular formula is C20H17N3. The molecule has 0 amide bonds. The maximum absolute atomic E-state index is 4.30. The fraction of sp³-hybridized carbons (Fsp3) is 0.100. The molecule has 0 fully saturated rings. The van der Waals surface area contributed by atoms with Gasteiger partial charge in [0.2, 0.25) is 0 Å². The molecule has 0 saturated carbocycles. The Balaban J connectivity index is 1.54. The molecule has 3 nitrogen and oxygen atoms in total. The number of rotatable bonds is 3. The molecule has 0 aliphatic carbocycles. The molecule has 0 N–H and O–H groups in total. The predicted molar refractivity (Wildman–Crippen MR) is 94.2 cm³/mol. The third kappa shape index (κ3) is 2.86. The molecule has 0 bridgehead atoms. The van der Waals surface area contributed by atoms with Crippen LogP contribution in [0.25, 0.3) is 0 Å². The average Bonchev–Trinajstić information content (AvgIpc) is 3.05. The normalized spacial score (nSPS) is 13.5. The second-order valence-corrected chi connectivity index (χ2v) is 5.58. The van der Waals surface area contributed by atoms with Crippen molar-refractivity contribution < 1.29 is 0 Å². The van der Waals surface area contributed by atoms with E-state index >= 15 is 0 Å². The molecule has 1 heterocycles. The number of para-hydroxylation sites is 1. The van der Waals surface area contributed by atoms with Crippen molar-refractivity contribution in [1.29, 1.82) is 0 Å². The molecule has 1 aliphatic rings. The number of anilines is 2. The third-order valence-electron chi connectivity index (χ3n) is 4.09. The standard InChI is InChI=1S/C20H17N3/c1-2-7-17(8-3-1)21-22-18-10-12-19(13-11-18)23-15-14-16-6-4-5-9-20(16)23/h1-13H,14-15H2/b22-21+. The van der Waals surface area contributed by atoms with E-state index < -0.39 is 0 Å². The van der Waals surface area contributed by atoms with Gasteiger partial charge in [-0.15, -0.1) is 0 Å². The topological polar surface area (TPSA) is 28.0 Å². The van der Waals surface area contributed by atoms with Crippen LogP contribution < -0.4 is 4.90 Å². The van der Waals surface area contributed by atoms with Crippen molar-refractivity contribution in [3.05, 3.63) is 84.4 Å². The maximum atomic E-state index is 4.30. The molecule has 3 aromatic rings. The van der Waals surface area contributed by atoms with Crippen LogP contribution in [-0.2, 0) is 6.42 Å². The van der Waals surface area contributed by atoms with Gasteiger partial charge in [-0.25, -0.2) is 0 Å². The van der Waals surface area contributed by atoms with Gasteiger partial charge < -0.3 is 4.90 Å². The van der Waals surface area contributed by atoms with Gasteiger partial charge in [-0.3, -0.25) is 0 Å².